The van der Waals surface area contributed by atoms with Crippen molar-refractivity contribution in [2.75, 3.05) is 7.11 Å². The molecule has 2 aromatic rings. The first-order chi connectivity index (χ1) is 15.8. The van der Waals surface area contributed by atoms with Gasteiger partial charge in [-0.15, -0.1) is 0 Å². The molecule has 0 N–H and O–H groups in total. The van der Waals surface area contributed by atoms with Crippen LogP contribution in [0.5, 0.6) is 5.75 Å². The van der Waals surface area contributed by atoms with Gasteiger partial charge in [-0.3, -0.25) is 0 Å². The monoisotopic (exact) mass is 470 g/mol. The third-order valence-electron chi connectivity index (χ3n) is 8.66. The van der Waals surface area contributed by atoms with Crippen LogP contribution in [0.4, 0.5) is 0 Å². The third-order valence-corrected chi connectivity index (χ3v) is 13.3. The number of benzene rings is 2. The Morgan fingerprint density at radius 2 is 1.38 bits per heavy atom. The molecule has 34 heavy (non-hydrogen) atoms. The summed E-state index contributed by atoms with van der Waals surface area (Å²) in [5, 5.41) is 0. The molecule has 2 aliphatic rings. The molecular formula is C32H42OSi. The number of fused-ring (bicyclic) bond motifs is 1. The Bertz CT molecular complexity index is 1210. The number of rotatable bonds is 4. The molecule has 4 rings (SSSR count). The zero-order valence-electron chi connectivity index (χ0n) is 23.1. The van der Waals surface area contributed by atoms with Crippen LogP contribution in [0.15, 0.2) is 64.3 Å². The van der Waals surface area contributed by atoms with Crippen LogP contribution in [0.3, 0.4) is 0 Å². The highest BCUT2D eigenvalue weighted by molar-refractivity contribution is 6.82. The van der Waals surface area contributed by atoms with Crippen LogP contribution in [0.1, 0.15) is 77.6 Å². The van der Waals surface area contributed by atoms with Gasteiger partial charge in [0.2, 0.25) is 0 Å². The molecule has 0 aliphatic heterocycles. The second kappa shape index (κ2) is 8.41. The molecule has 0 saturated heterocycles. The van der Waals surface area contributed by atoms with E-state index in [9.17, 15) is 0 Å². The van der Waals surface area contributed by atoms with E-state index >= 15 is 0 Å². The van der Waals surface area contributed by atoms with E-state index < -0.39 is 8.07 Å². The van der Waals surface area contributed by atoms with Gasteiger partial charge in [0.25, 0.3) is 0 Å². The van der Waals surface area contributed by atoms with Crippen molar-refractivity contribution in [1.82, 2.24) is 0 Å². The highest BCUT2D eigenvalue weighted by Crippen LogP contribution is 2.57. The first kappa shape index (κ1) is 24.8. The summed E-state index contributed by atoms with van der Waals surface area (Å²) in [6, 6.07) is 13.3. The fourth-order valence-electron chi connectivity index (χ4n) is 6.93. The lowest BCUT2D eigenvalue weighted by molar-refractivity contribution is 0.399. The summed E-state index contributed by atoms with van der Waals surface area (Å²) in [5.41, 5.74) is 15.5. The van der Waals surface area contributed by atoms with Gasteiger partial charge < -0.3 is 4.74 Å². The molecule has 0 aromatic heterocycles. The average Bonchev–Trinajstić information content (AvgIpc) is 3.21. The van der Waals surface area contributed by atoms with Gasteiger partial charge in [0.15, 0.2) is 0 Å². The lowest BCUT2D eigenvalue weighted by atomic mass is 9.81. The molecule has 180 valence electrons. The van der Waals surface area contributed by atoms with E-state index in [-0.39, 0.29) is 5.41 Å². The number of hydrogen-bond acceptors (Lipinski definition) is 1. The summed E-state index contributed by atoms with van der Waals surface area (Å²) in [6.45, 7) is 23.9. The molecule has 2 heteroatoms. The summed E-state index contributed by atoms with van der Waals surface area (Å²) in [5.74, 6) is 1.03. The normalized spacial score (nSPS) is 19.1. The van der Waals surface area contributed by atoms with E-state index in [0.29, 0.717) is 11.1 Å². The zero-order chi connectivity index (χ0) is 25.2. The quantitative estimate of drug-likeness (QED) is 0.404. The minimum absolute atomic E-state index is 0.0111. The van der Waals surface area contributed by atoms with E-state index in [1.807, 2.05) is 7.11 Å². The minimum Gasteiger partial charge on any atom is -0.496 e. The topological polar surface area (TPSA) is 9.23 Å². The molecule has 2 aromatic carbocycles. The molecule has 0 radical (unpaired) electrons. The Balaban J connectivity index is 2.02. The summed E-state index contributed by atoms with van der Waals surface area (Å²) >= 11 is 0. The van der Waals surface area contributed by atoms with Crippen molar-refractivity contribution < 1.29 is 4.74 Å². The van der Waals surface area contributed by atoms with E-state index in [1.54, 1.807) is 11.1 Å². The Morgan fingerprint density at radius 3 is 1.88 bits per heavy atom. The molecule has 0 heterocycles. The van der Waals surface area contributed by atoms with Crippen molar-refractivity contribution in [1.29, 1.82) is 0 Å². The Kier molecular flexibility index (Phi) is 6.13. The molecule has 1 unspecified atom stereocenters. The van der Waals surface area contributed by atoms with Gasteiger partial charge in [-0.2, -0.15) is 0 Å². The molecule has 0 fully saturated rings. The molecule has 1 atom stereocenters. The number of methoxy groups -OCH3 is 1. The molecule has 0 amide bonds. The minimum atomic E-state index is -1.82. The molecule has 2 aliphatic carbocycles. The molecule has 0 spiro atoms. The van der Waals surface area contributed by atoms with Gasteiger partial charge in [0.05, 0.1) is 15.2 Å². The van der Waals surface area contributed by atoms with Gasteiger partial charge in [-0.05, 0) is 73.4 Å². The van der Waals surface area contributed by atoms with Crippen LogP contribution in [0.25, 0.3) is 17.2 Å². The largest absolute Gasteiger partial charge is 0.496 e. The maximum Gasteiger partial charge on any atom is 0.131 e. The van der Waals surface area contributed by atoms with E-state index in [4.69, 9.17) is 4.74 Å². The molecular weight excluding hydrogens is 428 g/mol. The maximum absolute atomic E-state index is 6.17. The van der Waals surface area contributed by atoms with Crippen LogP contribution < -0.4 is 4.74 Å². The van der Waals surface area contributed by atoms with Crippen LogP contribution >= 0.6 is 0 Å². The van der Waals surface area contributed by atoms with Gasteiger partial charge in [-0.1, -0.05) is 93.1 Å². The highest BCUT2D eigenvalue weighted by atomic mass is 28.3. The maximum atomic E-state index is 6.17. The lowest BCUT2D eigenvalue weighted by Crippen LogP contribution is -2.41. The molecule has 0 saturated carbocycles. The van der Waals surface area contributed by atoms with Crippen molar-refractivity contribution in [3.63, 3.8) is 0 Å². The number of hydrogen-bond donors (Lipinski definition) is 0. The second-order valence-corrected chi connectivity index (χ2v) is 16.9. The standard InChI is InChI=1S/C32H42OSi/c1-19-17-25-26(30(19)34(10,11)31-22(4)20(2)21(3)23(31)5)18-27(32(6,7)8)29(33-9)28(25)24-15-13-12-14-16-24/h12-18,30-31H,1-11H3. The van der Waals surface area contributed by atoms with Gasteiger partial charge in [0.1, 0.15) is 5.75 Å². The van der Waals surface area contributed by atoms with Crippen molar-refractivity contribution in [3.8, 4) is 16.9 Å². The summed E-state index contributed by atoms with van der Waals surface area (Å²) in [6.07, 6.45) is 2.47. The Labute approximate surface area is 208 Å². The van der Waals surface area contributed by atoms with Crippen molar-refractivity contribution in [2.45, 2.75) is 85.0 Å². The van der Waals surface area contributed by atoms with Crippen molar-refractivity contribution in [2.24, 2.45) is 0 Å². The summed E-state index contributed by atoms with van der Waals surface area (Å²) < 4.78 is 6.17. The fourth-order valence-corrected chi connectivity index (χ4v) is 12.2. The molecule has 0 bridgehead atoms. The summed E-state index contributed by atoms with van der Waals surface area (Å²) in [4.78, 5) is 0. The Morgan fingerprint density at radius 1 is 0.824 bits per heavy atom. The van der Waals surface area contributed by atoms with Gasteiger partial charge in [0, 0.05) is 16.7 Å². The molecule has 1 nitrogen and oxygen atoms in total. The van der Waals surface area contributed by atoms with E-state index in [2.05, 4.69) is 111 Å². The number of allylic oxidation sites excluding steroid dienone is 5. The summed E-state index contributed by atoms with van der Waals surface area (Å²) in [7, 11) is 0.0112. The number of ether oxygens (including phenoxy) is 1. The smallest absolute Gasteiger partial charge is 0.131 e. The predicted octanol–water partition coefficient (Wildman–Crippen LogP) is 9.46. The van der Waals surface area contributed by atoms with Crippen LogP contribution in [-0.4, -0.2) is 15.2 Å². The van der Waals surface area contributed by atoms with Crippen LogP contribution in [0.2, 0.25) is 18.6 Å². The predicted molar refractivity (Wildman–Crippen MR) is 152 cm³/mol. The van der Waals surface area contributed by atoms with Crippen LogP contribution in [0, 0.1) is 0 Å². The van der Waals surface area contributed by atoms with Crippen LogP contribution in [-0.2, 0) is 5.41 Å². The third kappa shape index (κ3) is 3.66. The fraction of sp³-hybridized carbons (Fsp3) is 0.438. The first-order valence-electron chi connectivity index (χ1n) is 12.7. The van der Waals surface area contributed by atoms with E-state index in [1.165, 1.54) is 44.5 Å². The lowest BCUT2D eigenvalue weighted by Gasteiger charge is -2.40. The zero-order valence-corrected chi connectivity index (χ0v) is 24.1. The van der Waals surface area contributed by atoms with Gasteiger partial charge >= 0.3 is 0 Å². The Hall–Kier alpha value is -2.32. The van der Waals surface area contributed by atoms with E-state index in [0.717, 1.165) is 5.75 Å². The van der Waals surface area contributed by atoms with Crippen molar-refractivity contribution >= 4 is 14.1 Å². The second-order valence-electron chi connectivity index (χ2n) is 12.1. The van der Waals surface area contributed by atoms with Crippen molar-refractivity contribution in [3.05, 3.63) is 81.0 Å². The first-order valence-corrected chi connectivity index (χ1v) is 15.8. The van der Waals surface area contributed by atoms with Gasteiger partial charge in [-0.25, -0.2) is 0 Å². The average molecular weight is 471 g/mol. The SMILES string of the molecule is COc1c(C(C)(C)C)cc2c(c1-c1ccccc1)C=C(C)C2[Si](C)(C)C1C(C)=C(C)C(C)=C1C. The highest BCUT2D eigenvalue weighted by Gasteiger charge is 2.48.